The van der Waals surface area contributed by atoms with Crippen LogP contribution in [0.15, 0.2) is 60.0 Å². The molecule has 0 aliphatic carbocycles. The van der Waals surface area contributed by atoms with E-state index in [0.29, 0.717) is 16.6 Å². The van der Waals surface area contributed by atoms with E-state index in [1.807, 2.05) is 49.4 Å². The van der Waals surface area contributed by atoms with Crippen LogP contribution in [0, 0.1) is 0 Å². The fourth-order valence-electron chi connectivity index (χ4n) is 2.69. The molecule has 28 heavy (non-hydrogen) atoms. The Morgan fingerprint density at radius 1 is 1.18 bits per heavy atom. The number of hydrogen-bond acceptors (Lipinski definition) is 5. The molecule has 3 rings (SSSR count). The van der Waals surface area contributed by atoms with Crippen LogP contribution in [0.25, 0.3) is 10.6 Å². The van der Waals surface area contributed by atoms with Crippen LogP contribution in [0.2, 0.25) is 5.02 Å². The number of rotatable bonds is 6. The summed E-state index contributed by atoms with van der Waals surface area (Å²) >= 11 is 7.32. The maximum atomic E-state index is 12.7. The van der Waals surface area contributed by atoms with Crippen molar-refractivity contribution >= 4 is 40.5 Å². The number of hydrogen-bond donors (Lipinski definition) is 0. The molecule has 1 atom stereocenters. The Kier molecular flexibility index (Phi) is 6.44. The minimum atomic E-state index is -0.927. The van der Waals surface area contributed by atoms with Crippen molar-refractivity contribution in [2.75, 3.05) is 11.4 Å². The number of aromatic nitrogens is 1. The SMILES string of the molecule is CCN(C(=O)[C@H](C)OC(=O)c1csc(-c2cccc(Cl)c2)n1)c1ccccc1. The zero-order valence-corrected chi connectivity index (χ0v) is 17.0. The third-order valence-electron chi connectivity index (χ3n) is 4.07. The molecule has 0 unspecified atom stereocenters. The minimum Gasteiger partial charge on any atom is -0.448 e. The molecule has 1 aromatic heterocycles. The highest BCUT2D eigenvalue weighted by molar-refractivity contribution is 7.13. The van der Waals surface area contributed by atoms with Crippen molar-refractivity contribution in [1.82, 2.24) is 4.98 Å². The second kappa shape index (κ2) is 8.99. The van der Waals surface area contributed by atoms with Crippen molar-refractivity contribution in [3.63, 3.8) is 0 Å². The van der Waals surface area contributed by atoms with E-state index in [-0.39, 0.29) is 11.6 Å². The van der Waals surface area contributed by atoms with Gasteiger partial charge in [-0.25, -0.2) is 9.78 Å². The number of carbonyl (C=O) groups is 2. The summed E-state index contributed by atoms with van der Waals surface area (Å²) < 4.78 is 5.36. The van der Waals surface area contributed by atoms with Crippen molar-refractivity contribution in [2.45, 2.75) is 20.0 Å². The van der Waals surface area contributed by atoms with Gasteiger partial charge in [-0.3, -0.25) is 4.79 Å². The Hall–Kier alpha value is -2.70. The zero-order chi connectivity index (χ0) is 20.1. The molecule has 144 valence electrons. The molecule has 1 amide bonds. The molecule has 7 heteroatoms. The van der Waals surface area contributed by atoms with Gasteiger partial charge in [0.15, 0.2) is 11.8 Å². The number of anilines is 1. The third-order valence-corrected chi connectivity index (χ3v) is 5.19. The minimum absolute atomic E-state index is 0.169. The van der Waals surface area contributed by atoms with Crippen LogP contribution in [-0.2, 0) is 9.53 Å². The van der Waals surface area contributed by atoms with Gasteiger partial charge in [0, 0.05) is 28.2 Å². The van der Waals surface area contributed by atoms with E-state index >= 15 is 0 Å². The van der Waals surface area contributed by atoms with Gasteiger partial charge in [-0.2, -0.15) is 0 Å². The highest BCUT2D eigenvalue weighted by Crippen LogP contribution is 2.26. The van der Waals surface area contributed by atoms with E-state index < -0.39 is 12.1 Å². The smallest absolute Gasteiger partial charge is 0.358 e. The lowest BCUT2D eigenvalue weighted by Crippen LogP contribution is -2.40. The molecule has 0 bridgehead atoms. The van der Waals surface area contributed by atoms with E-state index in [0.717, 1.165) is 11.3 Å². The van der Waals surface area contributed by atoms with E-state index in [4.69, 9.17) is 16.3 Å². The monoisotopic (exact) mass is 414 g/mol. The van der Waals surface area contributed by atoms with Gasteiger partial charge in [-0.05, 0) is 38.1 Å². The Labute approximate surface area is 172 Å². The van der Waals surface area contributed by atoms with E-state index in [2.05, 4.69) is 4.98 Å². The van der Waals surface area contributed by atoms with Crippen LogP contribution >= 0.6 is 22.9 Å². The van der Waals surface area contributed by atoms with Crippen molar-refractivity contribution in [3.05, 3.63) is 70.7 Å². The van der Waals surface area contributed by atoms with Crippen LogP contribution in [0.1, 0.15) is 24.3 Å². The highest BCUT2D eigenvalue weighted by Gasteiger charge is 2.25. The van der Waals surface area contributed by atoms with E-state index in [1.54, 1.807) is 29.3 Å². The molecule has 1 heterocycles. The number of carbonyl (C=O) groups excluding carboxylic acids is 2. The van der Waals surface area contributed by atoms with Gasteiger partial charge in [-0.1, -0.05) is 41.9 Å². The number of benzene rings is 2. The van der Waals surface area contributed by atoms with Crippen molar-refractivity contribution in [1.29, 1.82) is 0 Å². The number of thiazole rings is 1. The maximum Gasteiger partial charge on any atom is 0.358 e. The molecule has 2 aromatic carbocycles. The fourth-order valence-corrected chi connectivity index (χ4v) is 3.66. The van der Waals surface area contributed by atoms with Crippen LogP contribution in [-0.4, -0.2) is 29.5 Å². The summed E-state index contributed by atoms with van der Waals surface area (Å²) in [6, 6.07) is 16.5. The predicted octanol–water partition coefficient (Wildman–Crippen LogP) is 5.06. The normalized spacial score (nSPS) is 11.7. The second-order valence-electron chi connectivity index (χ2n) is 6.01. The van der Waals surface area contributed by atoms with Crippen LogP contribution < -0.4 is 4.90 Å². The molecule has 0 radical (unpaired) electrons. The summed E-state index contributed by atoms with van der Waals surface area (Å²) in [5, 5.41) is 2.87. The maximum absolute atomic E-state index is 12.7. The summed E-state index contributed by atoms with van der Waals surface area (Å²) in [6.07, 6.45) is -0.927. The van der Waals surface area contributed by atoms with Crippen LogP contribution in [0.5, 0.6) is 0 Å². The van der Waals surface area contributed by atoms with Gasteiger partial charge in [0.2, 0.25) is 0 Å². The lowest BCUT2D eigenvalue weighted by molar-refractivity contribution is -0.126. The first kappa shape index (κ1) is 20.0. The highest BCUT2D eigenvalue weighted by atomic mass is 35.5. The zero-order valence-electron chi connectivity index (χ0n) is 15.5. The molecule has 0 spiro atoms. The molecule has 3 aromatic rings. The largest absolute Gasteiger partial charge is 0.448 e. The molecule has 0 saturated heterocycles. The summed E-state index contributed by atoms with van der Waals surface area (Å²) in [5.41, 5.74) is 1.75. The second-order valence-corrected chi connectivity index (χ2v) is 7.31. The lowest BCUT2D eigenvalue weighted by Gasteiger charge is -2.24. The van der Waals surface area contributed by atoms with E-state index in [9.17, 15) is 9.59 Å². The molecule has 0 N–H and O–H groups in total. The van der Waals surface area contributed by atoms with Gasteiger partial charge in [-0.15, -0.1) is 11.3 Å². The molecule has 5 nitrogen and oxygen atoms in total. The molecular weight excluding hydrogens is 396 g/mol. The van der Waals surface area contributed by atoms with Crippen molar-refractivity contribution in [3.8, 4) is 10.6 Å². The first-order valence-corrected chi connectivity index (χ1v) is 10.0. The fraction of sp³-hybridized carbons (Fsp3) is 0.190. The first-order valence-electron chi connectivity index (χ1n) is 8.78. The van der Waals surface area contributed by atoms with Gasteiger partial charge in [0.05, 0.1) is 0 Å². The summed E-state index contributed by atoms with van der Waals surface area (Å²) in [7, 11) is 0. The quantitative estimate of drug-likeness (QED) is 0.529. The number of para-hydroxylation sites is 1. The van der Waals surface area contributed by atoms with Gasteiger partial charge in [0.25, 0.3) is 5.91 Å². The average molecular weight is 415 g/mol. The molecule has 0 fully saturated rings. The number of nitrogens with zero attached hydrogens (tertiary/aromatic N) is 2. The van der Waals surface area contributed by atoms with Gasteiger partial charge in [0.1, 0.15) is 5.01 Å². The first-order chi connectivity index (χ1) is 13.5. The Bertz CT molecular complexity index is 975. The summed E-state index contributed by atoms with van der Waals surface area (Å²) in [5.74, 6) is -0.915. The van der Waals surface area contributed by atoms with Crippen molar-refractivity contribution < 1.29 is 14.3 Å². The van der Waals surface area contributed by atoms with Gasteiger partial charge >= 0.3 is 5.97 Å². The average Bonchev–Trinajstić information content (AvgIpc) is 3.20. The summed E-state index contributed by atoms with van der Waals surface area (Å²) in [4.78, 5) is 31.1. The Balaban J connectivity index is 1.69. The topological polar surface area (TPSA) is 59.5 Å². The number of ether oxygens (including phenoxy) is 1. The number of esters is 1. The standard InChI is InChI=1S/C21H19ClN2O3S/c1-3-24(17-10-5-4-6-11-17)20(25)14(2)27-21(26)18-13-28-19(23-18)15-8-7-9-16(22)12-15/h4-14H,3H2,1-2H3/t14-/m0/s1. The molecular formula is C21H19ClN2O3S. The van der Waals surface area contributed by atoms with Crippen molar-refractivity contribution in [2.24, 2.45) is 0 Å². The Morgan fingerprint density at radius 2 is 1.93 bits per heavy atom. The molecule has 0 aliphatic rings. The predicted molar refractivity (Wildman–Crippen MR) is 112 cm³/mol. The van der Waals surface area contributed by atoms with Crippen LogP contribution in [0.3, 0.4) is 0 Å². The summed E-state index contributed by atoms with van der Waals surface area (Å²) in [6.45, 7) is 3.91. The third kappa shape index (κ3) is 4.58. The van der Waals surface area contributed by atoms with E-state index in [1.165, 1.54) is 11.3 Å². The van der Waals surface area contributed by atoms with Crippen LogP contribution in [0.4, 0.5) is 5.69 Å². The molecule has 0 saturated carbocycles. The number of halogens is 1. The number of amides is 1. The number of likely N-dealkylation sites (N-methyl/N-ethyl adjacent to an activating group) is 1. The molecule has 0 aliphatic heterocycles. The van der Waals surface area contributed by atoms with Gasteiger partial charge < -0.3 is 9.64 Å². The Morgan fingerprint density at radius 3 is 2.61 bits per heavy atom. The lowest BCUT2D eigenvalue weighted by atomic mass is 10.2.